The summed E-state index contributed by atoms with van der Waals surface area (Å²) in [6.07, 6.45) is -0.916. The number of rotatable bonds is 2. The largest absolute Gasteiger partial charge is 0.255 e. The van der Waals surface area contributed by atoms with Crippen LogP contribution in [0.3, 0.4) is 0 Å². The second-order valence-electron chi connectivity index (χ2n) is 3.30. The lowest BCUT2D eigenvalue weighted by molar-refractivity contribution is 0.0670. The second kappa shape index (κ2) is 2.80. The number of halogens is 2. The van der Waals surface area contributed by atoms with Crippen molar-refractivity contribution in [3.05, 3.63) is 11.9 Å². The number of aromatic nitrogens is 3. The van der Waals surface area contributed by atoms with Gasteiger partial charge in [-0.2, -0.15) is 0 Å². The molecule has 0 N–H and O–H groups in total. The quantitative estimate of drug-likeness (QED) is 0.679. The van der Waals surface area contributed by atoms with Gasteiger partial charge < -0.3 is 0 Å². The summed E-state index contributed by atoms with van der Waals surface area (Å²) in [4.78, 5) is 0. The molecule has 68 valence electrons. The first-order valence-electron chi connectivity index (χ1n) is 3.59. The van der Waals surface area contributed by atoms with E-state index in [-0.39, 0.29) is 0 Å². The van der Waals surface area contributed by atoms with Crippen LogP contribution in [0.5, 0.6) is 0 Å². The van der Waals surface area contributed by atoms with Crippen molar-refractivity contribution in [2.24, 2.45) is 7.05 Å². The minimum atomic E-state index is -2.42. The van der Waals surface area contributed by atoms with E-state index in [1.54, 1.807) is 7.05 Å². The number of hydrogen-bond acceptors (Lipinski definition) is 2. The van der Waals surface area contributed by atoms with Crippen LogP contribution >= 0.6 is 0 Å². The molecule has 0 spiro atoms. The van der Waals surface area contributed by atoms with E-state index < -0.39 is 11.8 Å². The summed E-state index contributed by atoms with van der Waals surface area (Å²) in [6.45, 7) is 2.89. The molecule has 1 aromatic rings. The maximum Gasteiger partial charge on any atom is 0.249 e. The molecule has 0 bridgehead atoms. The molecule has 3 nitrogen and oxygen atoms in total. The van der Waals surface area contributed by atoms with Crippen molar-refractivity contribution < 1.29 is 8.78 Å². The van der Waals surface area contributed by atoms with Gasteiger partial charge in [0.25, 0.3) is 0 Å². The summed E-state index contributed by atoms with van der Waals surface area (Å²) in [7, 11) is 1.65. The summed E-state index contributed by atoms with van der Waals surface area (Å²) in [5.74, 6) is 0. The third-order valence-electron chi connectivity index (χ3n) is 1.81. The molecule has 0 saturated carbocycles. The molecule has 1 heterocycles. The Kier molecular flexibility index (Phi) is 2.12. The lowest BCUT2D eigenvalue weighted by atomic mass is 9.91. The molecule has 0 aliphatic rings. The summed E-state index contributed by atoms with van der Waals surface area (Å²) in [6, 6.07) is 0. The van der Waals surface area contributed by atoms with Crippen molar-refractivity contribution >= 4 is 0 Å². The Hall–Kier alpha value is -1.00. The monoisotopic (exact) mass is 175 g/mol. The third kappa shape index (κ3) is 1.44. The highest BCUT2D eigenvalue weighted by atomic mass is 19.3. The van der Waals surface area contributed by atoms with Gasteiger partial charge in [0.2, 0.25) is 6.43 Å². The van der Waals surface area contributed by atoms with Gasteiger partial charge in [-0.3, -0.25) is 4.68 Å². The third-order valence-corrected chi connectivity index (χ3v) is 1.81. The summed E-state index contributed by atoms with van der Waals surface area (Å²) in [5.41, 5.74) is -0.895. The predicted octanol–water partition coefficient (Wildman–Crippen LogP) is 1.36. The summed E-state index contributed by atoms with van der Waals surface area (Å²) in [5, 5.41) is 7.24. The number of aryl methyl sites for hydroxylation is 1. The van der Waals surface area contributed by atoms with Crippen LogP contribution in [-0.4, -0.2) is 21.4 Å². The molecule has 0 amide bonds. The topological polar surface area (TPSA) is 30.7 Å². The van der Waals surface area contributed by atoms with E-state index in [2.05, 4.69) is 10.3 Å². The lowest BCUT2D eigenvalue weighted by Gasteiger charge is -2.19. The first kappa shape index (κ1) is 9.09. The van der Waals surface area contributed by atoms with Crippen LogP contribution < -0.4 is 0 Å². The number of hydrogen-bond donors (Lipinski definition) is 0. The van der Waals surface area contributed by atoms with Gasteiger partial charge in [-0.05, 0) is 13.8 Å². The molecular formula is C7H11F2N3. The highest BCUT2D eigenvalue weighted by molar-refractivity contribution is 5.09. The van der Waals surface area contributed by atoms with Crippen LogP contribution in [0.1, 0.15) is 19.5 Å². The van der Waals surface area contributed by atoms with E-state index in [4.69, 9.17) is 0 Å². The highest BCUT2D eigenvalue weighted by Crippen LogP contribution is 2.27. The van der Waals surface area contributed by atoms with Gasteiger partial charge in [0, 0.05) is 13.2 Å². The fourth-order valence-electron chi connectivity index (χ4n) is 0.754. The molecule has 0 aromatic carbocycles. The molecule has 5 heteroatoms. The molecular weight excluding hydrogens is 164 g/mol. The van der Waals surface area contributed by atoms with E-state index in [1.807, 2.05) is 0 Å². The van der Waals surface area contributed by atoms with E-state index >= 15 is 0 Å². The molecule has 0 radical (unpaired) electrons. The highest BCUT2D eigenvalue weighted by Gasteiger charge is 2.34. The van der Waals surface area contributed by atoms with Gasteiger partial charge in [0.05, 0.1) is 11.1 Å². The van der Waals surface area contributed by atoms with Gasteiger partial charge in [0.1, 0.15) is 0 Å². The zero-order chi connectivity index (χ0) is 9.35. The standard InChI is InChI=1S/C7H11F2N3/c1-7(2,6(8)9)5-4-12(3)11-10-5/h4,6H,1-3H3. The van der Waals surface area contributed by atoms with Crippen LogP contribution in [-0.2, 0) is 12.5 Å². The van der Waals surface area contributed by atoms with Crippen LogP contribution in [0.4, 0.5) is 8.78 Å². The number of nitrogens with zero attached hydrogens (tertiary/aromatic N) is 3. The fourth-order valence-corrected chi connectivity index (χ4v) is 0.754. The van der Waals surface area contributed by atoms with Gasteiger partial charge >= 0.3 is 0 Å². The molecule has 0 atom stereocenters. The molecule has 0 unspecified atom stereocenters. The predicted molar refractivity (Wildman–Crippen MR) is 40.0 cm³/mol. The second-order valence-corrected chi connectivity index (χ2v) is 3.30. The van der Waals surface area contributed by atoms with Crippen molar-refractivity contribution in [3.63, 3.8) is 0 Å². The Morgan fingerprint density at radius 3 is 2.42 bits per heavy atom. The Morgan fingerprint density at radius 2 is 2.08 bits per heavy atom. The minimum absolute atomic E-state index is 0.319. The molecule has 12 heavy (non-hydrogen) atoms. The molecule has 0 fully saturated rings. The summed E-state index contributed by atoms with van der Waals surface area (Å²) >= 11 is 0. The van der Waals surface area contributed by atoms with Gasteiger partial charge in [-0.1, -0.05) is 5.21 Å². The Balaban J connectivity index is 2.97. The smallest absolute Gasteiger partial charge is 0.249 e. The Morgan fingerprint density at radius 1 is 1.50 bits per heavy atom. The maximum atomic E-state index is 12.4. The summed E-state index contributed by atoms with van der Waals surface area (Å²) < 4.78 is 26.3. The SMILES string of the molecule is Cn1cc(C(C)(C)C(F)F)nn1. The van der Waals surface area contributed by atoms with Crippen LogP contribution in [0.15, 0.2) is 6.20 Å². The molecule has 0 aliphatic heterocycles. The fraction of sp³-hybridized carbons (Fsp3) is 0.714. The van der Waals surface area contributed by atoms with E-state index in [9.17, 15) is 8.78 Å². The van der Waals surface area contributed by atoms with Gasteiger partial charge in [-0.15, -0.1) is 5.10 Å². The zero-order valence-corrected chi connectivity index (χ0v) is 7.25. The van der Waals surface area contributed by atoms with E-state index in [1.165, 1.54) is 24.7 Å². The first-order valence-corrected chi connectivity index (χ1v) is 3.59. The molecule has 1 rings (SSSR count). The molecule has 0 saturated heterocycles. The van der Waals surface area contributed by atoms with Gasteiger partial charge in [0.15, 0.2) is 0 Å². The normalized spacial score (nSPS) is 12.5. The average Bonchev–Trinajstić information content (AvgIpc) is 2.35. The maximum absolute atomic E-state index is 12.4. The van der Waals surface area contributed by atoms with Gasteiger partial charge in [-0.25, -0.2) is 8.78 Å². The van der Waals surface area contributed by atoms with Crippen molar-refractivity contribution in [2.75, 3.05) is 0 Å². The Labute approximate surface area is 69.4 Å². The van der Waals surface area contributed by atoms with E-state index in [0.717, 1.165) is 0 Å². The molecule has 1 aromatic heterocycles. The van der Waals surface area contributed by atoms with Crippen molar-refractivity contribution in [3.8, 4) is 0 Å². The molecule has 0 aliphatic carbocycles. The van der Waals surface area contributed by atoms with Crippen molar-refractivity contribution in [2.45, 2.75) is 25.7 Å². The van der Waals surface area contributed by atoms with Crippen molar-refractivity contribution in [1.29, 1.82) is 0 Å². The van der Waals surface area contributed by atoms with Crippen molar-refractivity contribution in [1.82, 2.24) is 15.0 Å². The zero-order valence-electron chi connectivity index (χ0n) is 7.25. The van der Waals surface area contributed by atoms with Crippen LogP contribution in [0, 0.1) is 0 Å². The average molecular weight is 175 g/mol. The number of alkyl halides is 2. The van der Waals surface area contributed by atoms with Crippen LogP contribution in [0.2, 0.25) is 0 Å². The first-order chi connectivity index (χ1) is 5.44. The van der Waals surface area contributed by atoms with E-state index in [0.29, 0.717) is 5.69 Å². The lowest BCUT2D eigenvalue weighted by Crippen LogP contribution is -2.27. The Bertz CT molecular complexity index is 267. The minimum Gasteiger partial charge on any atom is -0.255 e. The van der Waals surface area contributed by atoms with Crippen LogP contribution in [0.25, 0.3) is 0 Å².